The maximum atomic E-state index is 13.4. The Morgan fingerprint density at radius 1 is 1.17 bits per heavy atom. The number of amides is 1. The van der Waals surface area contributed by atoms with Gasteiger partial charge in [-0.05, 0) is 43.4 Å². The zero-order valence-electron chi connectivity index (χ0n) is 19.7. The number of methoxy groups -OCH3 is 2. The molecule has 1 fully saturated rings. The second-order valence-corrected chi connectivity index (χ2v) is 10.9. The lowest BCUT2D eigenvalue weighted by Gasteiger charge is -2.30. The van der Waals surface area contributed by atoms with Crippen LogP contribution in [0, 0.1) is 12.8 Å². The van der Waals surface area contributed by atoms with Gasteiger partial charge in [-0.3, -0.25) is 4.79 Å². The molecule has 0 radical (unpaired) electrons. The summed E-state index contributed by atoms with van der Waals surface area (Å²) in [5, 5.41) is 8.71. The quantitative estimate of drug-likeness (QED) is 0.475. The molecule has 1 amide bonds. The van der Waals surface area contributed by atoms with Crippen molar-refractivity contribution in [3.63, 3.8) is 0 Å². The summed E-state index contributed by atoms with van der Waals surface area (Å²) in [6.45, 7) is 2.06. The molecule has 3 aromatic rings. The van der Waals surface area contributed by atoms with Gasteiger partial charge in [-0.2, -0.15) is 4.31 Å². The minimum Gasteiger partial charge on any atom is -0.497 e. The van der Waals surface area contributed by atoms with Crippen LogP contribution in [0.4, 0.5) is 5.69 Å². The third kappa shape index (κ3) is 5.58. The first-order valence-electron chi connectivity index (χ1n) is 11.0. The van der Waals surface area contributed by atoms with Gasteiger partial charge in [0.05, 0.1) is 14.2 Å². The second kappa shape index (κ2) is 10.6. The van der Waals surface area contributed by atoms with Gasteiger partial charge in [0.15, 0.2) is 10.7 Å². The van der Waals surface area contributed by atoms with Crippen molar-refractivity contribution in [2.45, 2.75) is 24.7 Å². The van der Waals surface area contributed by atoms with Crippen LogP contribution >= 0.6 is 11.3 Å². The predicted molar refractivity (Wildman–Crippen MR) is 134 cm³/mol. The largest absolute Gasteiger partial charge is 0.497 e. The molecule has 2 aromatic heterocycles. The molecule has 0 aliphatic carbocycles. The van der Waals surface area contributed by atoms with E-state index in [0.717, 1.165) is 4.88 Å². The van der Waals surface area contributed by atoms with Crippen molar-refractivity contribution in [2.75, 3.05) is 32.6 Å². The Bertz CT molecular complexity index is 1280. The third-order valence-corrected chi connectivity index (χ3v) is 8.71. The molecule has 0 bridgehead atoms. The van der Waals surface area contributed by atoms with Gasteiger partial charge in [-0.25, -0.2) is 8.42 Å². The highest BCUT2D eigenvalue weighted by molar-refractivity contribution is 7.89. The summed E-state index contributed by atoms with van der Waals surface area (Å²) in [6, 6.07) is 8.98. The smallest absolute Gasteiger partial charge is 0.248 e. The van der Waals surface area contributed by atoms with Gasteiger partial charge < -0.3 is 19.3 Å². The average molecular weight is 518 g/mol. The van der Waals surface area contributed by atoms with Crippen LogP contribution in [0.25, 0.3) is 12.2 Å². The monoisotopic (exact) mass is 517 g/mol. The van der Waals surface area contributed by atoms with Crippen molar-refractivity contribution in [2.24, 2.45) is 5.92 Å². The molecule has 0 saturated carbocycles. The van der Waals surface area contributed by atoms with E-state index < -0.39 is 10.0 Å². The molecule has 11 heteroatoms. The number of rotatable bonds is 8. The van der Waals surface area contributed by atoms with Gasteiger partial charge >= 0.3 is 0 Å². The van der Waals surface area contributed by atoms with Crippen molar-refractivity contribution in [1.29, 1.82) is 0 Å². The number of hydrogen-bond donors (Lipinski definition) is 1. The summed E-state index contributed by atoms with van der Waals surface area (Å²) in [5.74, 6) is 0.836. The maximum absolute atomic E-state index is 13.4. The number of carbonyl (C=O) groups excluding carboxylic acids is 1. The van der Waals surface area contributed by atoms with Crippen molar-refractivity contribution in [3.05, 3.63) is 52.0 Å². The van der Waals surface area contributed by atoms with E-state index in [-0.39, 0.29) is 35.6 Å². The first-order valence-corrected chi connectivity index (χ1v) is 13.4. The number of sulfonamides is 1. The van der Waals surface area contributed by atoms with Gasteiger partial charge in [0.2, 0.25) is 15.9 Å². The number of benzene rings is 1. The lowest BCUT2D eigenvalue weighted by Crippen LogP contribution is -2.41. The number of thiophene rings is 1. The molecule has 9 nitrogen and oxygen atoms in total. The van der Waals surface area contributed by atoms with Crippen LogP contribution in [0.2, 0.25) is 0 Å². The zero-order chi connectivity index (χ0) is 25.0. The number of carbonyl (C=O) groups is 1. The molecule has 3 heterocycles. The lowest BCUT2D eigenvalue weighted by atomic mass is 9.97. The normalized spacial score (nSPS) is 15.4. The van der Waals surface area contributed by atoms with E-state index in [2.05, 4.69) is 10.5 Å². The Balaban J connectivity index is 1.43. The lowest BCUT2D eigenvalue weighted by molar-refractivity contribution is -0.120. The number of nitrogens with one attached hydrogen (secondary N) is 1. The number of hydrogen-bond acceptors (Lipinski definition) is 8. The van der Waals surface area contributed by atoms with Crippen molar-refractivity contribution >= 4 is 45.1 Å². The van der Waals surface area contributed by atoms with Crippen molar-refractivity contribution < 1.29 is 27.2 Å². The van der Waals surface area contributed by atoms with E-state index in [9.17, 15) is 13.2 Å². The van der Waals surface area contributed by atoms with Crippen molar-refractivity contribution in [3.8, 4) is 11.5 Å². The average Bonchev–Trinajstić information content (AvgIpc) is 3.52. The van der Waals surface area contributed by atoms with Crippen LogP contribution in [-0.4, -0.2) is 51.1 Å². The minimum atomic E-state index is -3.83. The Morgan fingerprint density at radius 3 is 2.46 bits per heavy atom. The molecule has 186 valence electrons. The summed E-state index contributed by atoms with van der Waals surface area (Å²) in [7, 11) is -0.755. The number of piperidine rings is 1. The number of aromatic nitrogens is 1. The fourth-order valence-corrected chi connectivity index (χ4v) is 6.29. The molecule has 1 aliphatic heterocycles. The Morgan fingerprint density at radius 2 is 1.86 bits per heavy atom. The van der Waals surface area contributed by atoms with E-state index in [4.69, 9.17) is 14.0 Å². The zero-order valence-corrected chi connectivity index (χ0v) is 21.3. The van der Waals surface area contributed by atoms with Gasteiger partial charge in [0.1, 0.15) is 17.2 Å². The van der Waals surface area contributed by atoms with Crippen LogP contribution in [0.5, 0.6) is 11.5 Å². The summed E-state index contributed by atoms with van der Waals surface area (Å²) in [4.78, 5) is 13.9. The summed E-state index contributed by atoms with van der Waals surface area (Å²) in [5.41, 5.74) is 0.867. The van der Waals surface area contributed by atoms with Gasteiger partial charge in [0.25, 0.3) is 0 Å². The summed E-state index contributed by atoms with van der Waals surface area (Å²) < 4.78 is 44.1. The fourth-order valence-electron chi connectivity index (χ4n) is 3.95. The topological polar surface area (TPSA) is 111 Å². The number of ether oxygens (including phenoxy) is 2. The first-order chi connectivity index (χ1) is 16.8. The number of nitrogens with zero attached hydrogens (tertiary/aromatic N) is 2. The van der Waals surface area contributed by atoms with E-state index in [1.54, 1.807) is 37.3 Å². The van der Waals surface area contributed by atoms with Crippen molar-refractivity contribution in [1.82, 2.24) is 9.46 Å². The molecule has 1 aliphatic rings. The first kappa shape index (κ1) is 25.0. The molecular weight excluding hydrogens is 490 g/mol. The van der Waals surface area contributed by atoms with Gasteiger partial charge in [-0.1, -0.05) is 11.2 Å². The summed E-state index contributed by atoms with van der Waals surface area (Å²) >= 11 is 1.54. The summed E-state index contributed by atoms with van der Waals surface area (Å²) in [6.07, 6.45) is 4.23. The van der Waals surface area contributed by atoms with Crippen LogP contribution in [0.3, 0.4) is 0 Å². The standard InChI is InChI=1S/C24H27N3O6S2/c1-16-23(22(33-26-16)7-6-21-5-4-12-34-21)35(29,30)27-10-8-17(9-11-27)24(28)25-18-13-19(31-2)15-20(14-18)32-3/h4-7,12-15,17H,8-11H2,1-3H3,(H,25,28). The van der Waals surface area contributed by atoms with E-state index in [1.165, 1.54) is 29.9 Å². The highest BCUT2D eigenvalue weighted by atomic mass is 32.2. The van der Waals surface area contributed by atoms with Crippen LogP contribution in [-0.2, 0) is 14.8 Å². The third-order valence-electron chi connectivity index (χ3n) is 5.82. The molecule has 1 aromatic carbocycles. The molecule has 0 unspecified atom stereocenters. The van der Waals surface area contributed by atoms with Crippen LogP contribution < -0.4 is 14.8 Å². The molecule has 0 spiro atoms. The second-order valence-electron chi connectivity index (χ2n) is 8.08. The Hall–Kier alpha value is -3.15. The maximum Gasteiger partial charge on any atom is 0.248 e. The molecule has 1 N–H and O–H groups in total. The number of aryl methyl sites for hydroxylation is 1. The minimum absolute atomic E-state index is 0.0664. The SMILES string of the molecule is COc1cc(NC(=O)C2CCN(S(=O)(=O)c3c(C)noc3C=Cc3cccs3)CC2)cc(OC)c1. The molecular formula is C24H27N3O6S2. The highest BCUT2D eigenvalue weighted by Crippen LogP contribution is 2.31. The molecule has 0 atom stereocenters. The highest BCUT2D eigenvalue weighted by Gasteiger charge is 2.36. The van der Waals surface area contributed by atoms with E-state index >= 15 is 0 Å². The predicted octanol–water partition coefficient (Wildman–Crippen LogP) is 4.27. The van der Waals surface area contributed by atoms with Gasteiger partial charge in [-0.15, -0.1) is 11.3 Å². The fraction of sp³-hybridized carbons (Fsp3) is 0.333. The van der Waals surface area contributed by atoms with Gasteiger partial charge in [0, 0.05) is 47.8 Å². The Labute approximate surface area is 208 Å². The molecule has 35 heavy (non-hydrogen) atoms. The molecule has 4 rings (SSSR count). The van der Waals surface area contributed by atoms with E-state index in [1.807, 2.05) is 17.5 Å². The van der Waals surface area contributed by atoms with Crippen LogP contribution in [0.15, 0.2) is 45.1 Å². The Kier molecular flexibility index (Phi) is 7.58. The number of anilines is 1. The van der Waals surface area contributed by atoms with Crippen LogP contribution in [0.1, 0.15) is 29.2 Å². The van der Waals surface area contributed by atoms with E-state index in [0.29, 0.717) is 35.7 Å². The molecule has 1 saturated heterocycles.